The van der Waals surface area contributed by atoms with E-state index in [1.807, 2.05) is 18.2 Å². The molecule has 1 aliphatic carbocycles. The van der Waals surface area contributed by atoms with E-state index in [0.29, 0.717) is 6.61 Å². The molecule has 0 aliphatic heterocycles. The fourth-order valence-electron chi connectivity index (χ4n) is 2.78. The fourth-order valence-corrected chi connectivity index (χ4v) is 3.00. The highest BCUT2D eigenvalue weighted by atomic mass is 35.5. The van der Waals surface area contributed by atoms with E-state index in [1.165, 1.54) is 32.1 Å². The lowest BCUT2D eigenvalue weighted by molar-refractivity contribution is -0.0782. The molecule has 106 valence electrons. The van der Waals surface area contributed by atoms with Crippen LogP contribution in [0.3, 0.4) is 0 Å². The second-order valence-corrected chi connectivity index (χ2v) is 5.88. The molecule has 0 amide bonds. The van der Waals surface area contributed by atoms with Crippen LogP contribution in [-0.2, 0) is 11.3 Å². The number of rotatable bonds is 6. The van der Waals surface area contributed by atoms with Gasteiger partial charge in [-0.3, -0.25) is 0 Å². The van der Waals surface area contributed by atoms with Crippen LogP contribution in [-0.4, -0.2) is 18.7 Å². The maximum atomic E-state index is 6.29. The molecule has 0 unspecified atom stereocenters. The Morgan fingerprint density at radius 2 is 2.05 bits per heavy atom. The lowest BCUT2D eigenvalue weighted by atomic mass is 9.84. The number of nitrogens with one attached hydrogen (secondary N) is 1. The number of hydrogen-bond acceptors (Lipinski definition) is 2. The zero-order chi connectivity index (χ0) is 13.6. The average molecular weight is 282 g/mol. The predicted octanol–water partition coefficient (Wildman–Crippen LogP) is 4.17. The third kappa shape index (κ3) is 4.48. The molecule has 0 bridgehead atoms. The van der Waals surface area contributed by atoms with Gasteiger partial charge < -0.3 is 10.1 Å². The van der Waals surface area contributed by atoms with Crippen molar-refractivity contribution in [3.8, 4) is 0 Å². The number of benzene rings is 1. The van der Waals surface area contributed by atoms with Crippen LogP contribution in [0.4, 0.5) is 0 Å². The smallest absolute Gasteiger partial charge is 0.0810 e. The monoisotopic (exact) mass is 281 g/mol. The summed E-state index contributed by atoms with van der Waals surface area (Å²) in [6.07, 6.45) is 6.23. The zero-order valence-corrected chi connectivity index (χ0v) is 12.5. The van der Waals surface area contributed by atoms with Gasteiger partial charge in [-0.2, -0.15) is 0 Å². The molecular formula is C16H24ClNO. The maximum Gasteiger partial charge on any atom is 0.0810 e. The van der Waals surface area contributed by atoms with Crippen LogP contribution in [0.5, 0.6) is 0 Å². The quantitative estimate of drug-likeness (QED) is 0.845. The van der Waals surface area contributed by atoms with Crippen LogP contribution in [0, 0.1) is 0 Å². The summed E-state index contributed by atoms with van der Waals surface area (Å²) in [5.74, 6) is 0. The highest BCUT2D eigenvalue weighted by Gasteiger charge is 2.32. The van der Waals surface area contributed by atoms with E-state index in [-0.39, 0.29) is 5.60 Å². The Hall–Kier alpha value is -0.570. The first kappa shape index (κ1) is 14.8. The first-order valence-electron chi connectivity index (χ1n) is 7.33. The molecule has 0 spiro atoms. The van der Waals surface area contributed by atoms with Gasteiger partial charge in [0.05, 0.1) is 12.2 Å². The molecule has 3 heteroatoms. The Balaban J connectivity index is 1.95. The van der Waals surface area contributed by atoms with Crippen molar-refractivity contribution in [1.29, 1.82) is 0 Å². The minimum atomic E-state index is 0.0244. The Morgan fingerprint density at radius 3 is 2.74 bits per heavy atom. The summed E-state index contributed by atoms with van der Waals surface area (Å²) in [7, 11) is 0. The molecule has 1 aromatic carbocycles. The summed E-state index contributed by atoms with van der Waals surface area (Å²) in [5.41, 5.74) is 1.19. The number of likely N-dealkylation sites (N-methyl/N-ethyl adjacent to an activating group) is 1. The van der Waals surface area contributed by atoms with Crippen LogP contribution >= 0.6 is 11.6 Å². The van der Waals surface area contributed by atoms with Gasteiger partial charge in [-0.1, -0.05) is 49.9 Å². The Kier molecular flexibility index (Phi) is 5.68. The summed E-state index contributed by atoms with van der Waals surface area (Å²) < 4.78 is 6.29. The van der Waals surface area contributed by atoms with Gasteiger partial charge in [-0.15, -0.1) is 0 Å². The van der Waals surface area contributed by atoms with Crippen molar-refractivity contribution in [3.05, 3.63) is 34.9 Å². The van der Waals surface area contributed by atoms with Crippen molar-refractivity contribution in [2.24, 2.45) is 0 Å². The maximum absolute atomic E-state index is 6.29. The van der Waals surface area contributed by atoms with Gasteiger partial charge in [0, 0.05) is 11.6 Å². The minimum Gasteiger partial charge on any atom is -0.369 e. The molecule has 0 radical (unpaired) electrons. The lowest BCUT2D eigenvalue weighted by Crippen LogP contribution is -2.44. The largest absolute Gasteiger partial charge is 0.369 e. The topological polar surface area (TPSA) is 21.3 Å². The molecule has 0 aromatic heterocycles. The van der Waals surface area contributed by atoms with Gasteiger partial charge in [0.25, 0.3) is 0 Å². The molecule has 0 saturated heterocycles. The molecule has 1 aliphatic rings. The lowest BCUT2D eigenvalue weighted by Gasteiger charge is -2.37. The third-order valence-electron chi connectivity index (χ3n) is 3.90. The Labute approximate surface area is 121 Å². The van der Waals surface area contributed by atoms with Crippen LogP contribution in [0.2, 0.25) is 5.02 Å². The molecule has 2 rings (SSSR count). The van der Waals surface area contributed by atoms with E-state index < -0.39 is 0 Å². The summed E-state index contributed by atoms with van der Waals surface area (Å²) >= 11 is 6.02. The second-order valence-electron chi connectivity index (χ2n) is 5.44. The standard InChI is InChI=1S/C16H24ClNO/c1-2-18-13-16(9-4-3-5-10-16)19-12-14-7-6-8-15(17)11-14/h6-8,11,18H,2-5,9-10,12-13H2,1H3. The van der Waals surface area contributed by atoms with Crippen LogP contribution < -0.4 is 5.32 Å². The molecule has 0 atom stereocenters. The van der Waals surface area contributed by atoms with Gasteiger partial charge in [0.15, 0.2) is 0 Å². The number of ether oxygens (including phenoxy) is 1. The number of halogens is 1. The summed E-state index contributed by atoms with van der Waals surface area (Å²) in [6, 6.07) is 7.96. The van der Waals surface area contributed by atoms with E-state index in [1.54, 1.807) is 0 Å². The molecule has 2 nitrogen and oxygen atoms in total. The number of hydrogen-bond donors (Lipinski definition) is 1. The van der Waals surface area contributed by atoms with Crippen molar-refractivity contribution in [2.75, 3.05) is 13.1 Å². The normalized spacial score (nSPS) is 18.4. The molecule has 1 N–H and O–H groups in total. The van der Waals surface area contributed by atoms with Crippen molar-refractivity contribution in [2.45, 2.75) is 51.2 Å². The average Bonchev–Trinajstić information content (AvgIpc) is 2.44. The minimum absolute atomic E-state index is 0.0244. The third-order valence-corrected chi connectivity index (χ3v) is 4.13. The van der Waals surface area contributed by atoms with E-state index in [4.69, 9.17) is 16.3 Å². The molecular weight excluding hydrogens is 258 g/mol. The van der Waals surface area contributed by atoms with Gasteiger partial charge in [-0.05, 0) is 37.1 Å². The second kappa shape index (κ2) is 7.28. The van der Waals surface area contributed by atoms with Gasteiger partial charge in [-0.25, -0.2) is 0 Å². The summed E-state index contributed by atoms with van der Waals surface area (Å²) in [6.45, 7) is 4.77. The summed E-state index contributed by atoms with van der Waals surface area (Å²) in [4.78, 5) is 0. The predicted molar refractivity (Wildman–Crippen MR) is 80.6 cm³/mol. The van der Waals surface area contributed by atoms with Gasteiger partial charge >= 0.3 is 0 Å². The highest BCUT2D eigenvalue weighted by molar-refractivity contribution is 6.30. The molecule has 1 aromatic rings. The molecule has 1 fully saturated rings. The van der Waals surface area contributed by atoms with Gasteiger partial charge in [0.1, 0.15) is 0 Å². The molecule has 19 heavy (non-hydrogen) atoms. The fraction of sp³-hybridized carbons (Fsp3) is 0.625. The van der Waals surface area contributed by atoms with Crippen LogP contribution in [0.15, 0.2) is 24.3 Å². The van der Waals surface area contributed by atoms with Crippen molar-refractivity contribution in [3.63, 3.8) is 0 Å². The molecule has 1 saturated carbocycles. The van der Waals surface area contributed by atoms with Crippen LogP contribution in [0.25, 0.3) is 0 Å². The van der Waals surface area contributed by atoms with Crippen molar-refractivity contribution < 1.29 is 4.74 Å². The van der Waals surface area contributed by atoms with Crippen LogP contribution in [0.1, 0.15) is 44.6 Å². The highest BCUT2D eigenvalue weighted by Crippen LogP contribution is 2.32. The van der Waals surface area contributed by atoms with E-state index in [0.717, 1.165) is 23.7 Å². The van der Waals surface area contributed by atoms with E-state index in [9.17, 15) is 0 Å². The first-order valence-corrected chi connectivity index (χ1v) is 7.71. The summed E-state index contributed by atoms with van der Waals surface area (Å²) in [5, 5.41) is 4.24. The van der Waals surface area contributed by atoms with Crippen molar-refractivity contribution in [1.82, 2.24) is 5.32 Å². The van der Waals surface area contributed by atoms with E-state index >= 15 is 0 Å². The Morgan fingerprint density at radius 1 is 1.26 bits per heavy atom. The van der Waals surface area contributed by atoms with E-state index in [2.05, 4.69) is 18.3 Å². The molecule has 0 heterocycles. The zero-order valence-electron chi connectivity index (χ0n) is 11.8. The first-order chi connectivity index (χ1) is 9.24. The Bertz CT molecular complexity index is 388. The SMILES string of the molecule is CCNCC1(OCc2cccc(Cl)c2)CCCCC1. The van der Waals surface area contributed by atoms with Crippen molar-refractivity contribution >= 4 is 11.6 Å². The van der Waals surface area contributed by atoms with Gasteiger partial charge in [0.2, 0.25) is 0 Å².